The first-order valence-electron chi connectivity index (χ1n) is 12.8. The van der Waals surface area contributed by atoms with Gasteiger partial charge < -0.3 is 10.6 Å². The third-order valence-electron chi connectivity index (χ3n) is 7.52. The molecule has 2 aromatic rings. The molecule has 0 bridgehead atoms. The fourth-order valence-corrected chi connectivity index (χ4v) is 6.43. The quantitative estimate of drug-likeness (QED) is 0.399. The monoisotopic (exact) mass is 607 g/mol. The molecule has 15 heteroatoms. The second-order valence-corrected chi connectivity index (χ2v) is 12.1. The van der Waals surface area contributed by atoms with Gasteiger partial charge in [0.2, 0.25) is 10.0 Å². The Labute approximate surface area is 238 Å². The van der Waals surface area contributed by atoms with Crippen molar-refractivity contribution < 1.29 is 40.4 Å². The Bertz CT molecular complexity index is 1640. The number of nitrogens with zero attached hydrogens (tertiary/aromatic N) is 3. The maximum absolute atomic E-state index is 13.7. The molecule has 2 N–H and O–H groups in total. The first-order valence-corrected chi connectivity index (χ1v) is 14.3. The number of rotatable bonds is 5. The molecule has 4 amide bonds. The van der Waals surface area contributed by atoms with E-state index >= 15 is 0 Å². The minimum absolute atomic E-state index is 0.0125. The molecule has 0 aromatic heterocycles. The molecule has 2 fully saturated rings. The SMILES string of the molecule is Cc1cc(N2C(=O)CNC2=O)cc(C)c1C=CS(=O)(=O)N1CCC2(CC1)N=C(c1ccc(F)c(C(F)(F)F)c1)NC2=O. The van der Waals surface area contributed by atoms with Crippen LogP contribution in [0.3, 0.4) is 0 Å². The molecule has 0 saturated carbocycles. The lowest BCUT2D eigenvalue weighted by Crippen LogP contribution is -2.50. The van der Waals surface area contributed by atoms with Crippen molar-refractivity contribution in [2.75, 3.05) is 24.5 Å². The maximum Gasteiger partial charge on any atom is 0.419 e. The summed E-state index contributed by atoms with van der Waals surface area (Å²) in [6, 6.07) is 5.00. The zero-order chi connectivity index (χ0) is 30.6. The van der Waals surface area contributed by atoms with Crippen molar-refractivity contribution in [1.82, 2.24) is 14.9 Å². The van der Waals surface area contributed by atoms with Gasteiger partial charge in [0.1, 0.15) is 17.2 Å². The highest BCUT2D eigenvalue weighted by Gasteiger charge is 2.47. The normalized spacial score (nSPS) is 19.5. The predicted octanol–water partition coefficient (Wildman–Crippen LogP) is 3.23. The molecule has 0 radical (unpaired) electrons. The van der Waals surface area contributed by atoms with Gasteiger partial charge in [0, 0.05) is 24.1 Å². The van der Waals surface area contributed by atoms with E-state index in [1.54, 1.807) is 26.0 Å². The number of imide groups is 1. The lowest BCUT2D eigenvalue weighted by Gasteiger charge is -2.34. The number of hydrogen-bond acceptors (Lipinski definition) is 6. The summed E-state index contributed by atoms with van der Waals surface area (Å²) in [5, 5.41) is 5.94. The number of piperidine rings is 1. The molecule has 222 valence electrons. The van der Waals surface area contributed by atoms with Crippen LogP contribution in [0.25, 0.3) is 6.08 Å². The topological polar surface area (TPSA) is 128 Å². The fraction of sp³-hybridized carbons (Fsp3) is 0.333. The predicted molar refractivity (Wildman–Crippen MR) is 144 cm³/mol. The van der Waals surface area contributed by atoms with Gasteiger partial charge in [-0.1, -0.05) is 0 Å². The average Bonchev–Trinajstić information content (AvgIpc) is 3.41. The van der Waals surface area contributed by atoms with Crippen LogP contribution in [0, 0.1) is 19.7 Å². The van der Waals surface area contributed by atoms with Crippen LogP contribution in [0.4, 0.5) is 28.0 Å². The van der Waals surface area contributed by atoms with Gasteiger partial charge in [0.25, 0.3) is 11.8 Å². The number of carbonyl (C=O) groups is 3. The summed E-state index contributed by atoms with van der Waals surface area (Å²) in [5.41, 5.74) is -0.721. The standard InChI is InChI=1S/C27H25F4N5O5S/c1-15-11-18(36-22(37)14-32-25(36)39)12-16(2)19(15)5-10-42(40,41)35-8-6-26(7-9-35)24(38)33-23(34-26)17-3-4-21(28)20(13-17)27(29,30)31/h3-5,10-13H,6-9,14H2,1-2H3,(H,32,39)(H,33,34,38). The maximum atomic E-state index is 13.7. The Kier molecular flexibility index (Phi) is 7.21. The van der Waals surface area contributed by atoms with Gasteiger partial charge in [0.05, 0.1) is 17.8 Å². The van der Waals surface area contributed by atoms with Gasteiger partial charge in [-0.05, 0) is 79.8 Å². The number of amides is 4. The zero-order valence-corrected chi connectivity index (χ0v) is 23.2. The van der Waals surface area contributed by atoms with E-state index in [2.05, 4.69) is 15.6 Å². The van der Waals surface area contributed by atoms with Gasteiger partial charge in [-0.15, -0.1) is 0 Å². The van der Waals surface area contributed by atoms with Crippen LogP contribution in [0.5, 0.6) is 0 Å². The van der Waals surface area contributed by atoms with E-state index in [1.807, 2.05) is 0 Å². The number of nitrogens with one attached hydrogen (secondary N) is 2. The molecular weight excluding hydrogens is 582 g/mol. The summed E-state index contributed by atoms with van der Waals surface area (Å²) in [7, 11) is -3.94. The van der Waals surface area contributed by atoms with Crippen molar-refractivity contribution in [2.45, 2.75) is 38.4 Å². The van der Waals surface area contributed by atoms with E-state index in [1.165, 1.54) is 10.4 Å². The van der Waals surface area contributed by atoms with Crippen molar-refractivity contribution in [1.29, 1.82) is 0 Å². The summed E-state index contributed by atoms with van der Waals surface area (Å²) < 4.78 is 80.6. The fourth-order valence-electron chi connectivity index (χ4n) is 5.26. The van der Waals surface area contributed by atoms with Gasteiger partial charge in [-0.25, -0.2) is 22.5 Å². The highest BCUT2D eigenvalue weighted by Crippen LogP contribution is 2.35. The van der Waals surface area contributed by atoms with E-state index < -0.39 is 51.0 Å². The van der Waals surface area contributed by atoms with Gasteiger partial charge in [-0.3, -0.25) is 14.6 Å². The van der Waals surface area contributed by atoms with E-state index in [9.17, 15) is 40.4 Å². The molecular formula is C27H25F4N5O5S. The van der Waals surface area contributed by atoms with E-state index in [0.29, 0.717) is 34.5 Å². The van der Waals surface area contributed by atoms with Crippen LogP contribution in [0.15, 0.2) is 40.7 Å². The number of anilines is 1. The summed E-state index contributed by atoms with van der Waals surface area (Å²) in [4.78, 5) is 42.2. The van der Waals surface area contributed by atoms with Crippen molar-refractivity contribution in [3.05, 3.63) is 69.4 Å². The second-order valence-electron chi connectivity index (χ2n) is 10.3. The van der Waals surface area contributed by atoms with Crippen molar-refractivity contribution in [3.63, 3.8) is 0 Å². The Morgan fingerprint density at radius 1 is 1.02 bits per heavy atom. The van der Waals surface area contributed by atoms with Crippen LogP contribution in [-0.4, -0.2) is 61.6 Å². The minimum atomic E-state index is -4.93. The second kappa shape index (κ2) is 10.3. The molecule has 3 heterocycles. The molecule has 2 saturated heterocycles. The van der Waals surface area contributed by atoms with Gasteiger partial charge in [-0.2, -0.15) is 17.5 Å². The Morgan fingerprint density at radius 3 is 2.24 bits per heavy atom. The van der Waals surface area contributed by atoms with Crippen LogP contribution < -0.4 is 15.5 Å². The molecule has 10 nitrogen and oxygen atoms in total. The number of urea groups is 1. The van der Waals surface area contributed by atoms with Gasteiger partial charge >= 0.3 is 12.2 Å². The van der Waals surface area contributed by atoms with Crippen LogP contribution in [-0.2, 0) is 25.8 Å². The summed E-state index contributed by atoms with van der Waals surface area (Å²) in [5.74, 6) is -2.56. The first kappa shape index (κ1) is 29.4. The smallest absolute Gasteiger partial charge is 0.328 e. The number of aryl methyl sites for hydroxylation is 2. The summed E-state index contributed by atoms with van der Waals surface area (Å²) in [6.45, 7) is 3.19. The lowest BCUT2D eigenvalue weighted by atomic mass is 9.89. The molecule has 0 atom stereocenters. The van der Waals surface area contributed by atoms with E-state index in [-0.39, 0.29) is 43.9 Å². The Balaban J connectivity index is 1.31. The van der Waals surface area contributed by atoms with Crippen molar-refractivity contribution in [3.8, 4) is 0 Å². The lowest BCUT2D eigenvalue weighted by molar-refractivity contribution is -0.140. The molecule has 0 aliphatic carbocycles. The number of aliphatic imine (C=N–C) groups is 1. The number of carbonyl (C=O) groups excluding carboxylic acids is 3. The number of halogens is 4. The molecule has 1 spiro atoms. The van der Waals surface area contributed by atoms with E-state index in [0.717, 1.165) is 16.4 Å². The number of alkyl halides is 3. The molecule has 2 aromatic carbocycles. The minimum Gasteiger partial charge on any atom is -0.328 e. The van der Waals surface area contributed by atoms with Crippen molar-refractivity contribution >= 4 is 45.5 Å². The van der Waals surface area contributed by atoms with Crippen LogP contribution in [0.2, 0.25) is 0 Å². The van der Waals surface area contributed by atoms with Gasteiger partial charge in [0.15, 0.2) is 0 Å². The highest BCUT2D eigenvalue weighted by atomic mass is 32.2. The third-order valence-corrected chi connectivity index (χ3v) is 9.09. The zero-order valence-electron chi connectivity index (χ0n) is 22.4. The Hall–Kier alpha value is -4.11. The molecule has 0 unspecified atom stereocenters. The number of amidine groups is 1. The number of benzene rings is 2. The Morgan fingerprint density at radius 2 is 1.67 bits per heavy atom. The molecule has 3 aliphatic heterocycles. The number of hydrogen-bond donors (Lipinski definition) is 2. The van der Waals surface area contributed by atoms with Crippen LogP contribution >= 0.6 is 0 Å². The number of sulfonamides is 1. The first-order chi connectivity index (χ1) is 19.6. The summed E-state index contributed by atoms with van der Waals surface area (Å²) >= 11 is 0. The van der Waals surface area contributed by atoms with Crippen LogP contribution in [0.1, 0.15) is 40.7 Å². The average molecular weight is 608 g/mol. The molecule has 5 rings (SSSR count). The van der Waals surface area contributed by atoms with Crippen molar-refractivity contribution in [2.24, 2.45) is 4.99 Å². The summed E-state index contributed by atoms with van der Waals surface area (Å²) in [6.07, 6.45) is -3.54. The third kappa shape index (κ3) is 5.29. The largest absolute Gasteiger partial charge is 0.419 e. The highest BCUT2D eigenvalue weighted by molar-refractivity contribution is 7.92. The molecule has 3 aliphatic rings. The van der Waals surface area contributed by atoms with E-state index in [4.69, 9.17) is 0 Å². The molecule has 42 heavy (non-hydrogen) atoms.